The van der Waals surface area contributed by atoms with Gasteiger partial charge in [0.25, 0.3) is 5.91 Å². The van der Waals surface area contributed by atoms with E-state index in [4.69, 9.17) is 0 Å². The van der Waals surface area contributed by atoms with Gasteiger partial charge in [-0.2, -0.15) is 8.78 Å². The smallest absolute Gasteiger partial charge is 0.387 e. The van der Waals surface area contributed by atoms with Gasteiger partial charge in [0.1, 0.15) is 5.75 Å². The van der Waals surface area contributed by atoms with Crippen LogP contribution in [0, 0.1) is 5.41 Å². The van der Waals surface area contributed by atoms with Crippen molar-refractivity contribution in [3.8, 4) is 5.75 Å². The fourth-order valence-corrected chi connectivity index (χ4v) is 2.83. The lowest BCUT2D eigenvalue weighted by Gasteiger charge is -2.33. The van der Waals surface area contributed by atoms with Crippen LogP contribution >= 0.6 is 0 Å². The molecule has 0 atom stereocenters. The number of carbonyl (C=O) groups is 2. The number of hydrogen-bond donors (Lipinski definition) is 2. The fourth-order valence-electron chi connectivity index (χ4n) is 2.83. The lowest BCUT2D eigenvalue weighted by molar-refractivity contribution is -0.150. The van der Waals surface area contributed by atoms with E-state index in [1.165, 1.54) is 24.3 Å². The summed E-state index contributed by atoms with van der Waals surface area (Å²) >= 11 is 0. The van der Waals surface area contributed by atoms with E-state index < -0.39 is 23.9 Å². The number of hydrogen-bond acceptors (Lipinski definition) is 3. The Bertz CT molecular complexity index is 554. The van der Waals surface area contributed by atoms with Crippen LogP contribution in [-0.4, -0.2) is 30.1 Å². The van der Waals surface area contributed by atoms with E-state index in [1.54, 1.807) is 0 Å². The number of carboxylic acid groups (broad SMARTS) is 1. The number of aliphatic carboxylic acids is 1. The molecule has 7 heteroatoms. The molecule has 2 N–H and O–H groups in total. The molecule has 1 saturated carbocycles. The number of ether oxygens (including phenoxy) is 1. The third-order valence-electron chi connectivity index (χ3n) is 4.19. The van der Waals surface area contributed by atoms with Crippen molar-refractivity contribution in [2.24, 2.45) is 5.41 Å². The van der Waals surface area contributed by atoms with Crippen molar-refractivity contribution in [2.45, 2.75) is 38.7 Å². The minimum atomic E-state index is -2.92. The quantitative estimate of drug-likeness (QED) is 0.842. The van der Waals surface area contributed by atoms with E-state index in [0.717, 1.165) is 19.3 Å². The molecule has 0 heterocycles. The molecule has 0 aliphatic heterocycles. The molecular formula is C16H19F2NO4. The number of carbonyl (C=O) groups excluding carboxylic acids is 1. The maximum atomic E-state index is 12.1. The molecule has 1 amide bonds. The Kier molecular flexibility index (Phi) is 5.52. The zero-order chi connectivity index (χ0) is 16.9. The van der Waals surface area contributed by atoms with Gasteiger partial charge in [-0.05, 0) is 37.1 Å². The van der Waals surface area contributed by atoms with Gasteiger partial charge in [-0.1, -0.05) is 19.3 Å². The van der Waals surface area contributed by atoms with E-state index in [-0.39, 0.29) is 17.9 Å². The molecule has 1 aliphatic carbocycles. The second kappa shape index (κ2) is 7.39. The summed E-state index contributed by atoms with van der Waals surface area (Å²) < 4.78 is 28.3. The first-order valence-electron chi connectivity index (χ1n) is 7.49. The summed E-state index contributed by atoms with van der Waals surface area (Å²) in [4.78, 5) is 23.6. The average Bonchev–Trinajstić information content (AvgIpc) is 2.53. The molecule has 0 aromatic heterocycles. The molecule has 0 bridgehead atoms. The van der Waals surface area contributed by atoms with Crippen LogP contribution in [0.3, 0.4) is 0 Å². The summed E-state index contributed by atoms with van der Waals surface area (Å²) in [7, 11) is 0. The van der Waals surface area contributed by atoms with Crippen LogP contribution in [0.25, 0.3) is 0 Å². The van der Waals surface area contributed by atoms with Gasteiger partial charge in [-0.15, -0.1) is 0 Å². The fraction of sp³-hybridized carbons (Fsp3) is 0.500. The van der Waals surface area contributed by atoms with E-state index in [2.05, 4.69) is 10.1 Å². The Morgan fingerprint density at radius 1 is 1.17 bits per heavy atom. The second-order valence-corrected chi connectivity index (χ2v) is 5.73. The van der Waals surface area contributed by atoms with Gasteiger partial charge in [0.05, 0.1) is 5.41 Å². The van der Waals surface area contributed by atoms with E-state index in [1.807, 2.05) is 0 Å². The highest BCUT2D eigenvalue weighted by atomic mass is 19.3. The molecule has 0 spiro atoms. The minimum Gasteiger partial charge on any atom is -0.481 e. The molecule has 0 unspecified atom stereocenters. The van der Waals surface area contributed by atoms with E-state index in [0.29, 0.717) is 12.8 Å². The third-order valence-corrected chi connectivity index (χ3v) is 4.19. The lowest BCUT2D eigenvalue weighted by atomic mass is 9.74. The Balaban J connectivity index is 1.97. The molecule has 23 heavy (non-hydrogen) atoms. The number of amides is 1. The Hall–Kier alpha value is -2.18. The van der Waals surface area contributed by atoms with Gasteiger partial charge >= 0.3 is 12.6 Å². The zero-order valence-corrected chi connectivity index (χ0v) is 12.6. The zero-order valence-electron chi connectivity index (χ0n) is 12.6. The molecule has 1 aromatic rings. The lowest BCUT2D eigenvalue weighted by Crippen LogP contribution is -2.44. The summed E-state index contributed by atoms with van der Waals surface area (Å²) in [6, 6.07) is 5.27. The molecule has 2 rings (SSSR count). The SMILES string of the molecule is O=C(NCC1(C(=O)O)CCCCC1)c1ccc(OC(F)F)cc1. The molecular weight excluding hydrogens is 308 g/mol. The van der Waals surface area contributed by atoms with Crippen molar-refractivity contribution < 1.29 is 28.2 Å². The number of alkyl halides is 2. The molecule has 126 valence electrons. The normalized spacial score (nSPS) is 16.8. The van der Waals surface area contributed by atoms with Gasteiger partial charge in [0, 0.05) is 12.1 Å². The predicted molar refractivity (Wildman–Crippen MR) is 78.6 cm³/mol. The predicted octanol–water partition coefficient (Wildman–Crippen LogP) is 3.05. The first-order chi connectivity index (χ1) is 10.9. The van der Waals surface area contributed by atoms with Crippen molar-refractivity contribution in [3.05, 3.63) is 29.8 Å². The Morgan fingerprint density at radius 3 is 2.30 bits per heavy atom. The largest absolute Gasteiger partial charge is 0.481 e. The maximum absolute atomic E-state index is 12.1. The van der Waals surface area contributed by atoms with Crippen molar-refractivity contribution >= 4 is 11.9 Å². The summed E-state index contributed by atoms with van der Waals surface area (Å²) in [6.07, 6.45) is 3.77. The summed E-state index contributed by atoms with van der Waals surface area (Å²) in [5, 5.41) is 12.1. The number of benzene rings is 1. The molecule has 1 aliphatic rings. The summed E-state index contributed by atoms with van der Waals surface area (Å²) in [5.41, 5.74) is -0.643. The van der Waals surface area contributed by atoms with Crippen LogP contribution in [0.15, 0.2) is 24.3 Å². The van der Waals surface area contributed by atoms with Crippen molar-refractivity contribution in [3.63, 3.8) is 0 Å². The van der Waals surface area contributed by atoms with Gasteiger partial charge in [0.15, 0.2) is 0 Å². The standard InChI is InChI=1S/C16H19F2NO4/c17-15(18)23-12-6-4-11(5-7-12)13(20)19-10-16(14(21)22)8-2-1-3-9-16/h4-7,15H,1-3,8-10H2,(H,19,20)(H,21,22). The summed E-state index contributed by atoms with van der Waals surface area (Å²) in [6.45, 7) is -2.85. The van der Waals surface area contributed by atoms with E-state index in [9.17, 15) is 23.5 Å². The van der Waals surface area contributed by atoms with Crippen molar-refractivity contribution in [1.82, 2.24) is 5.32 Å². The van der Waals surface area contributed by atoms with Gasteiger partial charge < -0.3 is 15.2 Å². The molecule has 0 saturated heterocycles. The van der Waals surface area contributed by atoms with Crippen LogP contribution in [-0.2, 0) is 4.79 Å². The van der Waals surface area contributed by atoms with Crippen LogP contribution in [0.5, 0.6) is 5.75 Å². The highest BCUT2D eigenvalue weighted by molar-refractivity contribution is 5.94. The molecule has 1 fully saturated rings. The van der Waals surface area contributed by atoms with Gasteiger partial charge in [0.2, 0.25) is 0 Å². The summed E-state index contributed by atoms with van der Waals surface area (Å²) in [5.74, 6) is -1.36. The molecule has 0 radical (unpaired) electrons. The van der Waals surface area contributed by atoms with E-state index >= 15 is 0 Å². The topological polar surface area (TPSA) is 75.6 Å². The first-order valence-corrected chi connectivity index (χ1v) is 7.49. The van der Waals surface area contributed by atoms with Crippen LogP contribution in [0.1, 0.15) is 42.5 Å². The third kappa shape index (κ3) is 4.40. The second-order valence-electron chi connectivity index (χ2n) is 5.73. The Labute approximate surface area is 132 Å². The first kappa shape index (κ1) is 17.2. The van der Waals surface area contributed by atoms with Crippen LogP contribution in [0.2, 0.25) is 0 Å². The minimum absolute atomic E-state index is 0.0363. The maximum Gasteiger partial charge on any atom is 0.387 e. The monoisotopic (exact) mass is 327 g/mol. The number of rotatable bonds is 6. The number of nitrogens with one attached hydrogen (secondary N) is 1. The molecule has 5 nitrogen and oxygen atoms in total. The van der Waals surface area contributed by atoms with Gasteiger partial charge in [-0.3, -0.25) is 9.59 Å². The molecule has 1 aromatic carbocycles. The van der Waals surface area contributed by atoms with Crippen LogP contribution in [0.4, 0.5) is 8.78 Å². The van der Waals surface area contributed by atoms with Crippen molar-refractivity contribution in [1.29, 1.82) is 0 Å². The average molecular weight is 327 g/mol. The highest BCUT2D eigenvalue weighted by Gasteiger charge is 2.39. The number of halogens is 2. The van der Waals surface area contributed by atoms with Crippen LogP contribution < -0.4 is 10.1 Å². The Morgan fingerprint density at radius 2 is 1.78 bits per heavy atom. The number of carboxylic acids is 1. The van der Waals surface area contributed by atoms with Crippen molar-refractivity contribution in [2.75, 3.05) is 6.54 Å². The highest BCUT2D eigenvalue weighted by Crippen LogP contribution is 2.36. The van der Waals surface area contributed by atoms with Gasteiger partial charge in [-0.25, -0.2) is 0 Å².